The van der Waals surface area contributed by atoms with Gasteiger partial charge in [-0.05, 0) is 12.0 Å². The van der Waals surface area contributed by atoms with E-state index in [2.05, 4.69) is 0 Å². The van der Waals surface area contributed by atoms with Gasteiger partial charge in [0, 0.05) is 6.08 Å². The van der Waals surface area contributed by atoms with E-state index in [9.17, 15) is 4.79 Å². The van der Waals surface area contributed by atoms with E-state index >= 15 is 0 Å². The van der Waals surface area contributed by atoms with E-state index in [1.165, 1.54) is 6.08 Å². The molecule has 0 radical (unpaired) electrons. The Morgan fingerprint density at radius 3 is 2.67 bits per heavy atom. The van der Waals surface area contributed by atoms with Crippen LogP contribution in [0.1, 0.15) is 12.0 Å². The lowest BCUT2D eigenvalue weighted by Crippen LogP contribution is -1.67. The fraction of sp³-hybridized carbons (Fsp3) is 0.0909. The molecule has 0 fully saturated rings. The van der Waals surface area contributed by atoms with Crippen molar-refractivity contribution in [2.24, 2.45) is 0 Å². The number of rotatable bonds is 3. The zero-order valence-electron chi connectivity index (χ0n) is 6.73. The molecule has 0 bridgehead atoms. The number of hydrogen-bond donors (Lipinski definition) is 0. The highest BCUT2D eigenvalue weighted by Gasteiger charge is 1.80. The first-order valence-corrected chi connectivity index (χ1v) is 3.84. The number of carbonyl (C=O) groups excluding carboxylic acids is 1. The van der Waals surface area contributed by atoms with Gasteiger partial charge in [0.2, 0.25) is 0 Å². The average Bonchev–Trinajstić information content (AvgIpc) is 2.14. The number of benzene rings is 1. The predicted octanol–water partition coefficient (Wildman–Crippen LogP) is 2.48. The molecule has 0 aromatic heterocycles. The van der Waals surface area contributed by atoms with Crippen LogP contribution in [0.3, 0.4) is 0 Å². The SMILES string of the molecule is O=C=CC/C=C\c1ccccc1. The van der Waals surface area contributed by atoms with Gasteiger partial charge in [-0.3, -0.25) is 0 Å². The highest BCUT2D eigenvalue weighted by Crippen LogP contribution is 2.01. The lowest BCUT2D eigenvalue weighted by Gasteiger charge is -1.88. The average molecular weight is 158 g/mol. The summed E-state index contributed by atoms with van der Waals surface area (Å²) in [5.74, 6) is 1.73. The third kappa shape index (κ3) is 3.00. The molecule has 1 rings (SSSR count). The molecular weight excluding hydrogens is 148 g/mol. The topological polar surface area (TPSA) is 17.1 Å². The van der Waals surface area contributed by atoms with Gasteiger partial charge in [-0.25, -0.2) is 4.79 Å². The van der Waals surface area contributed by atoms with E-state index in [0.29, 0.717) is 6.42 Å². The van der Waals surface area contributed by atoms with Crippen LogP contribution in [-0.4, -0.2) is 5.94 Å². The second-order valence-electron chi connectivity index (χ2n) is 2.37. The molecule has 0 spiro atoms. The molecule has 1 nitrogen and oxygen atoms in total. The molecule has 0 aliphatic rings. The molecule has 1 aromatic carbocycles. The van der Waals surface area contributed by atoms with Gasteiger partial charge in [0.25, 0.3) is 0 Å². The van der Waals surface area contributed by atoms with Crippen LogP contribution in [0.5, 0.6) is 0 Å². The Hall–Kier alpha value is -1.59. The molecule has 0 amide bonds. The van der Waals surface area contributed by atoms with E-state index in [-0.39, 0.29) is 0 Å². The molecular formula is C11H10O. The minimum absolute atomic E-state index is 0.651. The largest absolute Gasteiger partial charge is 0.234 e. The van der Waals surface area contributed by atoms with Crippen molar-refractivity contribution >= 4 is 12.0 Å². The maximum Gasteiger partial charge on any atom is 0.120 e. The monoisotopic (exact) mass is 158 g/mol. The Balaban J connectivity index is 2.52. The maximum absolute atomic E-state index is 9.80. The normalized spacial score (nSPS) is 9.67. The molecule has 0 saturated heterocycles. The van der Waals surface area contributed by atoms with Gasteiger partial charge in [0.05, 0.1) is 0 Å². The molecule has 0 aliphatic heterocycles. The van der Waals surface area contributed by atoms with Crippen LogP contribution in [0.25, 0.3) is 6.08 Å². The standard InChI is InChI=1S/C11H10O/c12-10-6-2-5-9-11-7-3-1-4-8-11/h1,3-9H,2H2/b9-5-. The zero-order valence-corrected chi connectivity index (χ0v) is 6.73. The molecule has 0 saturated carbocycles. The zero-order chi connectivity index (χ0) is 8.65. The minimum atomic E-state index is 0.651. The lowest BCUT2D eigenvalue weighted by atomic mass is 10.2. The summed E-state index contributed by atoms with van der Waals surface area (Å²) in [4.78, 5) is 9.80. The van der Waals surface area contributed by atoms with Crippen molar-refractivity contribution in [1.29, 1.82) is 0 Å². The summed E-state index contributed by atoms with van der Waals surface area (Å²) < 4.78 is 0. The van der Waals surface area contributed by atoms with Crippen molar-refractivity contribution in [3.8, 4) is 0 Å². The van der Waals surface area contributed by atoms with Crippen molar-refractivity contribution in [3.05, 3.63) is 48.0 Å². The van der Waals surface area contributed by atoms with Gasteiger partial charge in [0.1, 0.15) is 5.94 Å². The maximum atomic E-state index is 9.80. The van der Waals surface area contributed by atoms with Crippen LogP contribution in [0, 0.1) is 0 Å². The van der Waals surface area contributed by atoms with Gasteiger partial charge < -0.3 is 0 Å². The Morgan fingerprint density at radius 1 is 1.25 bits per heavy atom. The van der Waals surface area contributed by atoms with Crippen LogP contribution in [0.15, 0.2) is 42.5 Å². The van der Waals surface area contributed by atoms with Gasteiger partial charge >= 0.3 is 0 Å². The van der Waals surface area contributed by atoms with Crippen molar-refractivity contribution in [2.45, 2.75) is 6.42 Å². The van der Waals surface area contributed by atoms with Crippen LogP contribution in [0.4, 0.5) is 0 Å². The summed E-state index contributed by atoms with van der Waals surface area (Å²) >= 11 is 0. The molecule has 1 heteroatoms. The Morgan fingerprint density at radius 2 is 2.00 bits per heavy atom. The fourth-order valence-corrected chi connectivity index (χ4v) is 0.884. The molecule has 1 aromatic rings. The van der Waals surface area contributed by atoms with Crippen molar-refractivity contribution in [2.75, 3.05) is 0 Å². The third-order valence-corrected chi connectivity index (χ3v) is 1.45. The quantitative estimate of drug-likeness (QED) is 0.617. The second kappa shape index (κ2) is 5.11. The Bertz CT molecular complexity index is 292. The van der Waals surface area contributed by atoms with Gasteiger partial charge in [-0.1, -0.05) is 42.5 Å². The molecule has 0 unspecified atom stereocenters. The van der Waals surface area contributed by atoms with Crippen molar-refractivity contribution in [1.82, 2.24) is 0 Å². The van der Waals surface area contributed by atoms with Gasteiger partial charge in [-0.2, -0.15) is 0 Å². The smallest absolute Gasteiger partial charge is 0.120 e. The molecule has 60 valence electrons. The van der Waals surface area contributed by atoms with E-state index in [1.54, 1.807) is 5.94 Å². The summed E-state index contributed by atoms with van der Waals surface area (Å²) in [6.45, 7) is 0. The summed E-state index contributed by atoms with van der Waals surface area (Å²) in [5, 5.41) is 0. The second-order valence-corrected chi connectivity index (χ2v) is 2.37. The van der Waals surface area contributed by atoms with Gasteiger partial charge in [0.15, 0.2) is 0 Å². The first-order chi connectivity index (χ1) is 5.93. The molecule has 0 atom stereocenters. The number of hydrogen-bond acceptors (Lipinski definition) is 1. The van der Waals surface area contributed by atoms with Crippen LogP contribution >= 0.6 is 0 Å². The summed E-state index contributed by atoms with van der Waals surface area (Å²) in [5.41, 5.74) is 1.15. The van der Waals surface area contributed by atoms with Crippen LogP contribution < -0.4 is 0 Å². The lowest BCUT2D eigenvalue weighted by molar-refractivity contribution is 0.568. The van der Waals surface area contributed by atoms with Crippen LogP contribution in [-0.2, 0) is 4.79 Å². The van der Waals surface area contributed by atoms with Crippen LogP contribution in [0.2, 0.25) is 0 Å². The van der Waals surface area contributed by atoms with E-state index in [4.69, 9.17) is 0 Å². The van der Waals surface area contributed by atoms with Crippen molar-refractivity contribution < 1.29 is 4.79 Å². The summed E-state index contributed by atoms with van der Waals surface area (Å²) in [6, 6.07) is 9.97. The minimum Gasteiger partial charge on any atom is -0.234 e. The van der Waals surface area contributed by atoms with E-state index < -0.39 is 0 Å². The van der Waals surface area contributed by atoms with Gasteiger partial charge in [-0.15, -0.1) is 0 Å². The summed E-state index contributed by atoms with van der Waals surface area (Å²) in [6.07, 6.45) is 6.02. The molecule has 0 N–H and O–H groups in total. The Labute approximate surface area is 72.0 Å². The van der Waals surface area contributed by atoms with E-state index in [0.717, 1.165) is 5.56 Å². The predicted molar refractivity (Wildman–Crippen MR) is 50.4 cm³/mol. The number of allylic oxidation sites excluding steroid dienone is 2. The fourth-order valence-electron chi connectivity index (χ4n) is 0.884. The first kappa shape index (κ1) is 8.51. The van der Waals surface area contributed by atoms with Crippen molar-refractivity contribution in [3.63, 3.8) is 0 Å². The molecule has 12 heavy (non-hydrogen) atoms. The third-order valence-electron chi connectivity index (χ3n) is 1.45. The highest BCUT2D eigenvalue weighted by molar-refractivity contribution is 5.51. The molecule has 0 aliphatic carbocycles. The van der Waals surface area contributed by atoms with E-state index in [1.807, 2.05) is 42.5 Å². The highest BCUT2D eigenvalue weighted by atomic mass is 16.1. The first-order valence-electron chi connectivity index (χ1n) is 3.84. The molecule has 0 heterocycles. The Kier molecular flexibility index (Phi) is 3.62. The summed E-state index contributed by atoms with van der Waals surface area (Å²) in [7, 11) is 0.